The number of nitrogens with one attached hydrogen (secondary N) is 1. The van der Waals surface area contributed by atoms with Gasteiger partial charge in [-0.15, -0.1) is 0 Å². The number of aliphatic hydroxyl groups is 1. The summed E-state index contributed by atoms with van der Waals surface area (Å²) in [6.07, 6.45) is 7.42. The first kappa shape index (κ1) is 36.6. The molecule has 2 aromatic carbocycles. The highest BCUT2D eigenvalue weighted by atomic mass is 35.5. The van der Waals surface area contributed by atoms with E-state index in [4.69, 9.17) is 21.1 Å². The van der Waals surface area contributed by atoms with Crippen molar-refractivity contribution in [3.63, 3.8) is 0 Å². The summed E-state index contributed by atoms with van der Waals surface area (Å²) in [5.74, 6) is 4.95. The Hall–Kier alpha value is -2.34. The number of piperazine rings is 1. The Morgan fingerprint density at radius 3 is 2.75 bits per heavy atom. The first-order chi connectivity index (χ1) is 24.9. The van der Waals surface area contributed by atoms with Gasteiger partial charge in [-0.25, -0.2) is 4.21 Å². The van der Waals surface area contributed by atoms with Crippen LogP contribution in [-0.4, -0.2) is 113 Å². The highest BCUT2D eigenvalue weighted by Crippen LogP contribution is 2.49. The van der Waals surface area contributed by atoms with Gasteiger partial charge in [0.2, 0.25) is 0 Å². The van der Waals surface area contributed by atoms with Crippen LogP contribution in [0.3, 0.4) is 0 Å². The topological polar surface area (TPSA) is 94.6 Å². The number of benzene rings is 2. The van der Waals surface area contributed by atoms with Crippen LogP contribution in [0.15, 0.2) is 36.4 Å². The molecule has 52 heavy (non-hydrogen) atoms. The van der Waals surface area contributed by atoms with E-state index in [1.807, 2.05) is 25.1 Å². The number of fused-ring (bicyclic) bond motifs is 5. The van der Waals surface area contributed by atoms with Crippen LogP contribution in [0.1, 0.15) is 80.3 Å². The van der Waals surface area contributed by atoms with Crippen molar-refractivity contribution in [1.29, 1.82) is 0 Å². The van der Waals surface area contributed by atoms with Gasteiger partial charge < -0.3 is 19.5 Å². The number of hydrogen-bond acceptors (Lipinski definition) is 8. The molecule has 11 heteroatoms. The molecular formula is C41H57ClN4O5S. The van der Waals surface area contributed by atoms with E-state index in [2.05, 4.69) is 44.3 Å². The molecule has 0 aromatic heterocycles. The lowest BCUT2D eigenvalue weighted by Crippen LogP contribution is -2.62. The Morgan fingerprint density at radius 1 is 1.06 bits per heavy atom. The average Bonchev–Trinajstić information content (AvgIpc) is 3.25. The summed E-state index contributed by atoms with van der Waals surface area (Å²) in [6, 6.07) is 12.3. The van der Waals surface area contributed by atoms with Crippen LogP contribution in [0.25, 0.3) is 0 Å². The monoisotopic (exact) mass is 752 g/mol. The molecule has 1 spiro atoms. The molecule has 1 saturated carbocycles. The molecule has 9 nitrogen and oxygen atoms in total. The predicted molar refractivity (Wildman–Crippen MR) is 209 cm³/mol. The number of nitrogens with zero attached hydrogens (tertiary/aromatic N) is 3. The normalized spacial score (nSPS) is 37.4. The van der Waals surface area contributed by atoms with E-state index in [1.165, 1.54) is 11.1 Å². The maximum Gasteiger partial charge on any atom is 0.262 e. The maximum atomic E-state index is 14.0. The van der Waals surface area contributed by atoms with Gasteiger partial charge in [-0.1, -0.05) is 31.0 Å². The predicted octanol–water partition coefficient (Wildman–Crippen LogP) is 5.16. The fourth-order valence-electron chi connectivity index (χ4n) is 10.4. The third-order valence-corrected chi connectivity index (χ3v) is 16.2. The molecule has 2 aliphatic carbocycles. The minimum atomic E-state index is -2.95. The van der Waals surface area contributed by atoms with Crippen LogP contribution >= 0.6 is 11.6 Å². The van der Waals surface area contributed by atoms with Gasteiger partial charge in [0.15, 0.2) is 0 Å². The first-order valence-electron chi connectivity index (χ1n) is 19.7. The minimum Gasteiger partial charge on any atom is -0.490 e. The number of halogens is 1. The van der Waals surface area contributed by atoms with E-state index in [0.29, 0.717) is 37.1 Å². The summed E-state index contributed by atoms with van der Waals surface area (Å²) >= 11 is 6.51. The van der Waals surface area contributed by atoms with Gasteiger partial charge >= 0.3 is 0 Å². The lowest BCUT2D eigenvalue weighted by Gasteiger charge is -2.53. The second-order valence-electron chi connectivity index (χ2n) is 17.1. The van der Waals surface area contributed by atoms with Gasteiger partial charge in [-0.3, -0.25) is 19.3 Å². The van der Waals surface area contributed by atoms with Crippen molar-refractivity contribution in [2.45, 2.75) is 87.5 Å². The van der Waals surface area contributed by atoms with Crippen molar-refractivity contribution < 1.29 is 23.6 Å². The fraction of sp³-hybridized carbons (Fsp3) is 0.659. The van der Waals surface area contributed by atoms with Crippen LogP contribution < -0.4 is 14.4 Å². The first-order valence-corrected chi connectivity index (χ1v) is 21.9. The Labute approximate surface area is 315 Å². The second-order valence-corrected chi connectivity index (χ2v) is 19.9. The number of amides is 1. The molecule has 2 saturated heterocycles. The minimum absolute atomic E-state index is 0.0583. The average molecular weight is 753 g/mol. The second kappa shape index (κ2) is 14.4. The Bertz CT molecular complexity index is 1770. The fourth-order valence-corrected chi connectivity index (χ4v) is 12.1. The summed E-state index contributed by atoms with van der Waals surface area (Å²) in [4.78, 5) is 21.3. The Morgan fingerprint density at radius 2 is 1.92 bits per heavy atom. The molecule has 1 unspecified atom stereocenters. The molecule has 2 aromatic rings. The van der Waals surface area contributed by atoms with Crippen molar-refractivity contribution >= 4 is 38.8 Å². The number of aryl methyl sites for hydroxylation is 1. The molecule has 284 valence electrons. The van der Waals surface area contributed by atoms with Crippen molar-refractivity contribution in [2.24, 2.45) is 17.8 Å². The molecule has 3 fully saturated rings. The van der Waals surface area contributed by atoms with E-state index in [9.17, 15) is 14.1 Å². The van der Waals surface area contributed by atoms with Gasteiger partial charge in [0.05, 0.1) is 40.8 Å². The Kier molecular flexibility index (Phi) is 10.1. The number of ether oxygens (including phenoxy) is 2. The molecular weight excluding hydrogens is 696 g/mol. The summed E-state index contributed by atoms with van der Waals surface area (Å²) in [5.41, 5.74) is 2.83. The van der Waals surface area contributed by atoms with E-state index in [-0.39, 0.29) is 28.4 Å². The summed E-state index contributed by atoms with van der Waals surface area (Å²) in [5, 5.41) is 13.4. The molecule has 1 amide bonds. The van der Waals surface area contributed by atoms with Crippen molar-refractivity contribution in [1.82, 2.24) is 14.5 Å². The van der Waals surface area contributed by atoms with Crippen LogP contribution in [0.2, 0.25) is 5.02 Å². The third-order valence-electron chi connectivity index (χ3n) is 13.8. The number of hydrogen-bond donors (Lipinski definition) is 2. The zero-order chi connectivity index (χ0) is 36.3. The molecule has 4 aliphatic heterocycles. The van der Waals surface area contributed by atoms with Gasteiger partial charge in [0.1, 0.15) is 5.75 Å². The SMILES string of the molecule is C=S1(=O)NC(=O)c2ccc3c(c2)N(C[C@@H]2CC[C@H]2[C@](O)(CN2CCN4CCOC[C@@H]4C2)CCC[C@H](C)[C@H]1C)C[C@@]1(CCCc2cc(Cl)ccc21)CO3. The van der Waals surface area contributed by atoms with Crippen molar-refractivity contribution in [3.05, 3.63) is 58.1 Å². The van der Waals surface area contributed by atoms with Gasteiger partial charge in [-0.05, 0) is 117 Å². The molecule has 0 radical (unpaired) electrons. The smallest absolute Gasteiger partial charge is 0.262 e. The number of anilines is 1. The van der Waals surface area contributed by atoms with Gasteiger partial charge in [0, 0.05) is 73.1 Å². The summed E-state index contributed by atoms with van der Waals surface area (Å²) < 4.78 is 29.4. The molecule has 4 heterocycles. The van der Waals surface area contributed by atoms with Gasteiger partial charge in [-0.2, -0.15) is 0 Å². The quantitative estimate of drug-likeness (QED) is 0.407. The molecule has 2 N–H and O–H groups in total. The lowest BCUT2D eigenvalue weighted by atomic mass is 9.62. The number of rotatable bonds is 2. The van der Waals surface area contributed by atoms with Crippen LogP contribution in [0.5, 0.6) is 5.75 Å². The third kappa shape index (κ3) is 7.01. The molecule has 8 rings (SSSR count). The van der Waals surface area contributed by atoms with Crippen LogP contribution in [-0.2, 0) is 26.3 Å². The number of β-amino-alcohol motifs (C(OH)–C–C–N with tert-alkyl or cyclic N) is 1. The number of carbonyl (C=O) groups is 1. The number of carbonyl (C=O) groups excluding carboxylic acids is 1. The molecule has 2 bridgehead atoms. The molecule has 6 aliphatic rings. The lowest BCUT2D eigenvalue weighted by molar-refractivity contribution is -0.120. The molecule has 8 atom stereocenters. The highest BCUT2D eigenvalue weighted by Gasteiger charge is 2.50. The zero-order valence-electron chi connectivity index (χ0n) is 31.0. The van der Waals surface area contributed by atoms with Crippen LogP contribution in [0.4, 0.5) is 5.69 Å². The van der Waals surface area contributed by atoms with Crippen LogP contribution in [0, 0.1) is 17.8 Å². The summed E-state index contributed by atoms with van der Waals surface area (Å²) in [7, 11) is -2.95. The highest BCUT2D eigenvalue weighted by molar-refractivity contribution is 7.99. The summed E-state index contributed by atoms with van der Waals surface area (Å²) in [6.45, 7) is 12.2. The van der Waals surface area contributed by atoms with Crippen molar-refractivity contribution in [3.8, 4) is 5.75 Å². The Balaban J connectivity index is 1.16. The van der Waals surface area contributed by atoms with Gasteiger partial charge in [0.25, 0.3) is 5.91 Å². The van der Waals surface area contributed by atoms with E-state index < -0.39 is 15.3 Å². The largest absolute Gasteiger partial charge is 0.490 e. The van der Waals surface area contributed by atoms with E-state index in [1.54, 1.807) is 6.07 Å². The zero-order valence-corrected chi connectivity index (χ0v) is 32.6. The van der Waals surface area contributed by atoms with E-state index in [0.717, 1.165) is 114 Å². The van der Waals surface area contributed by atoms with E-state index >= 15 is 0 Å². The standard InChI is InChI=1S/C41H57ClN4O5S/c1-28-6-4-15-41(48,26-44-16-17-45-18-19-50-24-34(45)23-44)36-11-8-32(36)22-46-25-40(14-5-7-30-20-33(42)10-12-35(30)40)27-51-38-13-9-31(21-37(38)46)39(47)43-52(3,49)29(28)2/h9-10,12-13,20-21,28-29,32,34,36,48H,3-8,11,14-19,22-27H2,1-2H3,(H,43,47,49)/t28-,29+,32-,34-,36+,40-,41+,52?/m0/s1. The maximum absolute atomic E-state index is 14.0. The number of morpholine rings is 1. The van der Waals surface area contributed by atoms with Crippen molar-refractivity contribution in [2.75, 3.05) is 70.5 Å².